The normalized spacial score (nSPS) is 17.5. The van der Waals surface area contributed by atoms with Crippen LogP contribution in [0.3, 0.4) is 0 Å². The summed E-state index contributed by atoms with van der Waals surface area (Å²) in [6.45, 7) is 15.3. The van der Waals surface area contributed by atoms with Crippen LogP contribution in [0.1, 0.15) is 65.2 Å². The van der Waals surface area contributed by atoms with Gasteiger partial charge < -0.3 is 23.5 Å². The van der Waals surface area contributed by atoms with Crippen molar-refractivity contribution in [1.82, 2.24) is 0 Å². The Balaban J connectivity index is 2.26. The standard InChI is InChI=1S/C23H35BO7/c1-15-17(12-19(25)27-9)10-16(13-28-14-20(26)29-21(2,3)4)11-18(15)24-30-22(5,6)23(7,8)31-24/h10-11H,12-14H2,1-9H3. The van der Waals surface area contributed by atoms with E-state index in [9.17, 15) is 9.59 Å². The van der Waals surface area contributed by atoms with Crippen LogP contribution >= 0.6 is 0 Å². The van der Waals surface area contributed by atoms with Crippen LogP contribution in [0, 0.1) is 6.92 Å². The van der Waals surface area contributed by atoms with E-state index in [-0.39, 0.29) is 25.6 Å². The van der Waals surface area contributed by atoms with Gasteiger partial charge in [0, 0.05) is 0 Å². The molecule has 7 nitrogen and oxygen atoms in total. The van der Waals surface area contributed by atoms with E-state index in [1.165, 1.54) is 7.11 Å². The van der Waals surface area contributed by atoms with E-state index in [0.29, 0.717) is 0 Å². The highest BCUT2D eigenvalue weighted by Crippen LogP contribution is 2.37. The average molecular weight is 434 g/mol. The van der Waals surface area contributed by atoms with Crippen molar-refractivity contribution in [3.8, 4) is 0 Å². The SMILES string of the molecule is COC(=O)Cc1cc(COCC(=O)OC(C)(C)C)cc(B2OC(C)(C)C(C)(C)O2)c1C. The zero-order valence-corrected chi connectivity index (χ0v) is 20.2. The summed E-state index contributed by atoms with van der Waals surface area (Å²) in [6, 6.07) is 3.82. The summed E-state index contributed by atoms with van der Waals surface area (Å²) in [5.74, 6) is -0.768. The zero-order valence-electron chi connectivity index (χ0n) is 20.2. The summed E-state index contributed by atoms with van der Waals surface area (Å²) in [4.78, 5) is 23.9. The molecular formula is C23H35BO7. The van der Waals surface area contributed by atoms with Crippen molar-refractivity contribution in [2.24, 2.45) is 0 Å². The largest absolute Gasteiger partial charge is 0.495 e. The maximum Gasteiger partial charge on any atom is 0.495 e. The summed E-state index contributed by atoms with van der Waals surface area (Å²) in [7, 11) is 0.785. The van der Waals surface area contributed by atoms with Gasteiger partial charge >= 0.3 is 19.1 Å². The Kier molecular flexibility index (Phi) is 7.61. The van der Waals surface area contributed by atoms with Gasteiger partial charge in [-0.25, -0.2) is 4.79 Å². The summed E-state index contributed by atoms with van der Waals surface area (Å²) in [5.41, 5.74) is 1.79. The van der Waals surface area contributed by atoms with Crippen LogP contribution in [0.5, 0.6) is 0 Å². The van der Waals surface area contributed by atoms with Gasteiger partial charge in [-0.3, -0.25) is 4.79 Å². The van der Waals surface area contributed by atoms with Gasteiger partial charge in [0.1, 0.15) is 12.2 Å². The van der Waals surface area contributed by atoms with Gasteiger partial charge in [0.25, 0.3) is 0 Å². The lowest BCUT2D eigenvalue weighted by Crippen LogP contribution is -2.41. The fourth-order valence-corrected chi connectivity index (χ4v) is 3.20. The van der Waals surface area contributed by atoms with E-state index in [2.05, 4.69) is 0 Å². The first-order chi connectivity index (χ1) is 14.1. The zero-order chi connectivity index (χ0) is 23.6. The Morgan fingerprint density at radius 1 is 1.03 bits per heavy atom. The molecule has 8 heteroatoms. The van der Waals surface area contributed by atoms with Gasteiger partial charge in [-0.2, -0.15) is 0 Å². The van der Waals surface area contributed by atoms with Crippen molar-refractivity contribution in [2.75, 3.05) is 13.7 Å². The van der Waals surface area contributed by atoms with Gasteiger partial charge in [0.2, 0.25) is 0 Å². The minimum atomic E-state index is -0.577. The second-order valence-electron chi connectivity index (χ2n) is 9.89. The summed E-state index contributed by atoms with van der Waals surface area (Å²) in [6.07, 6.45) is 0.120. The summed E-state index contributed by atoms with van der Waals surface area (Å²) < 4.78 is 28.1. The number of benzene rings is 1. The molecule has 31 heavy (non-hydrogen) atoms. The second kappa shape index (κ2) is 9.31. The van der Waals surface area contributed by atoms with Crippen LogP contribution in [0.2, 0.25) is 0 Å². The van der Waals surface area contributed by atoms with Crippen LogP contribution < -0.4 is 5.46 Å². The van der Waals surface area contributed by atoms with Gasteiger partial charge in [0.05, 0.1) is 31.3 Å². The first-order valence-electron chi connectivity index (χ1n) is 10.5. The Labute approximate surface area is 185 Å². The van der Waals surface area contributed by atoms with Crippen molar-refractivity contribution in [2.45, 2.75) is 85.2 Å². The number of rotatable bonds is 7. The lowest BCUT2D eigenvalue weighted by Gasteiger charge is -2.32. The molecule has 0 saturated carbocycles. The monoisotopic (exact) mass is 434 g/mol. The maximum absolute atomic E-state index is 11.9. The molecule has 172 valence electrons. The molecule has 0 radical (unpaired) electrons. The number of carbonyl (C=O) groups excluding carboxylic acids is 2. The summed E-state index contributed by atoms with van der Waals surface area (Å²) in [5, 5.41) is 0. The Bertz CT molecular complexity index is 808. The Morgan fingerprint density at radius 3 is 2.13 bits per heavy atom. The molecule has 1 heterocycles. The third-order valence-corrected chi connectivity index (χ3v) is 5.59. The minimum Gasteiger partial charge on any atom is -0.469 e. The first-order valence-corrected chi connectivity index (χ1v) is 10.5. The Hall–Kier alpha value is -1.90. The molecule has 1 aliphatic heterocycles. The number of hydrogen-bond donors (Lipinski definition) is 0. The van der Waals surface area contributed by atoms with Gasteiger partial charge in [-0.1, -0.05) is 12.1 Å². The van der Waals surface area contributed by atoms with E-state index in [0.717, 1.165) is 22.2 Å². The molecule has 0 unspecified atom stereocenters. The van der Waals surface area contributed by atoms with Crippen molar-refractivity contribution >= 4 is 24.5 Å². The van der Waals surface area contributed by atoms with Gasteiger partial charge in [-0.15, -0.1) is 0 Å². The topological polar surface area (TPSA) is 80.3 Å². The average Bonchev–Trinajstić information content (AvgIpc) is 2.83. The molecule has 1 aromatic carbocycles. The van der Waals surface area contributed by atoms with E-state index in [1.54, 1.807) is 20.8 Å². The van der Waals surface area contributed by atoms with E-state index < -0.39 is 29.9 Å². The van der Waals surface area contributed by atoms with E-state index in [4.69, 9.17) is 23.5 Å². The molecule has 1 saturated heterocycles. The van der Waals surface area contributed by atoms with Crippen molar-refractivity contribution in [3.63, 3.8) is 0 Å². The van der Waals surface area contributed by atoms with Crippen LogP contribution in [0.4, 0.5) is 0 Å². The molecule has 1 aromatic rings. The number of carbonyl (C=O) groups is 2. The van der Waals surface area contributed by atoms with Crippen LogP contribution in [-0.4, -0.2) is 49.6 Å². The highest BCUT2D eigenvalue weighted by molar-refractivity contribution is 6.62. The predicted molar refractivity (Wildman–Crippen MR) is 118 cm³/mol. The molecule has 1 fully saturated rings. The van der Waals surface area contributed by atoms with Crippen molar-refractivity contribution in [3.05, 3.63) is 28.8 Å². The lowest BCUT2D eigenvalue weighted by molar-refractivity contribution is -0.160. The molecule has 0 aromatic heterocycles. The number of esters is 2. The van der Waals surface area contributed by atoms with Gasteiger partial charge in [-0.05, 0) is 77.5 Å². The highest BCUT2D eigenvalue weighted by atomic mass is 16.7. The van der Waals surface area contributed by atoms with Crippen LogP contribution in [0.25, 0.3) is 0 Å². The van der Waals surface area contributed by atoms with E-state index in [1.807, 2.05) is 46.8 Å². The molecular weight excluding hydrogens is 399 g/mol. The van der Waals surface area contributed by atoms with Crippen LogP contribution in [0.15, 0.2) is 12.1 Å². The minimum absolute atomic E-state index is 0.120. The lowest BCUT2D eigenvalue weighted by atomic mass is 9.74. The van der Waals surface area contributed by atoms with Crippen LogP contribution in [-0.2, 0) is 46.1 Å². The fourth-order valence-electron chi connectivity index (χ4n) is 3.20. The highest BCUT2D eigenvalue weighted by Gasteiger charge is 2.52. The smallest absolute Gasteiger partial charge is 0.469 e. The van der Waals surface area contributed by atoms with E-state index >= 15 is 0 Å². The number of ether oxygens (including phenoxy) is 3. The predicted octanol–water partition coefficient (Wildman–Crippen LogP) is 2.87. The number of hydrogen-bond acceptors (Lipinski definition) is 7. The molecule has 0 aliphatic carbocycles. The van der Waals surface area contributed by atoms with Crippen molar-refractivity contribution < 1.29 is 33.1 Å². The van der Waals surface area contributed by atoms with Gasteiger partial charge in [0.15, 0.2) is 0 Å². The molecule has 0 atom stereocenters. The van der Waals surface area contributed by atoms with Crippen molar-refractivity contribution in [1.29, 1.82) is 0 Å². The third kappa shape index (κ3) is 6.54. The quantitative estimate of drug-likeness (QED) is 0.482. The molecule has 2 rings (SSSR count). The first kappa shape index (κ1) is 25.4. The molecule has 0 N–H and O–H groups in total. The molecule has 0 bridgehead atoms. The Morgan fingerprint density at radius 2 is 1.61 bits per heavy atom. The number of methoxy groups -OCH3 is 1. The maximum atomic E-state index is 11.9. The molecule has 0 spiro atoms. The summed E-state index contributed by atoms with van der Waals surface area (Å²) >= 11 is 0. The molecule has 1 aliphatic rings. The fraction of sp³-hybridized carbons (Fsp3) is 0.652. The molecule has 0 amide bonds. The second-order valence-corrected chi connectivity index (χ2v) is 9.89. The third-order valence-electron chi connectivity index (χ3n) is 5.59.